The van der Waals surface area contributed by atoms with E-state index in [1.165, 1.54) is 4.57 Å². The van der Waals surface area contributed by atoms with Gasteiger partial charge in [-0.15, -0.1) is 0 Å². The summed E-state index contributed by atoms with van der Waals surface area (Å²) in [5.41, 5.74) is 2.13. The molecule has 2 aliphatic heterocycles. The van der Waals surface area contributed by atoms with E-state index < -0.39 is 0 Å². The van der Waals surface area contributed by atoms with E-state index in [1.54, 1.807) is 48.5 Å². The van der Waals surface area contributed by atoms with Crippen LogP contribution in [0.15, 0.2) is 59.7 Å². The summed E-state index contributed by atoms with van der Waals surface area (Å²) >= 11 is 0. The number of carbonyl (C=O) groups is 1. The summed E-state index contributed by atoms with van der Waals surface area (Å²) in [6.45, 7) is 3.08. The van der Waals surface area contributed by atoms with Gasteiger partial charge in [-0.1, -0.05) is 6.07 Å². The molecule has 7 nitrogen and oxygen atoms in total. The molecule has 1 saturated heterocycles. The van der Waals surface area contributed by atoms with Crippen LogP contribution in [0.25, 0.3) is 5.69 Å². The summed E-state index contributed by atoms with van der Waals surface area (Å²) in [6, 6.07) is 12.9. The molecule has 2 aromatic heterocycles. The zero-order valence-corrected chi connectivity index (χ0v) is 15.9. The van der Waals surface area contributed by atoms with Crippen LogP contribution in [0.5, 0.6) is 11.5 Å². The molecule has 0 unspecified atom stereocenters. The van der Waals surface area contributed by atoms with Gasteiger partial charge in [-0.05, 0) is 42.8 Å². The smallest absolute Gasteiger partial charge is 0.268 e. The van der Waals surface area contributed by atoms with E-state index in [-0.39, 0.29) is 29.7 Å². The largest absolute Gasteiger partial charge is 0.454 e. The van der Waals surface area contributed by atoms with Gasteiger partial charge in [0.05, 0.1) is 5.69 Å². The third-order valence-corrected chi connectivity index (χ3v) is 5.42. The summed E-state index contributed by atoms with van der Waals surface area (Å²) in [4.78, 5) is 32.3. The molecule has 0 N–H and O–H groups in total. The molecule has 5 rings (SSSR count). The van der Waals surface area contributed by atoms with Gasteiger partial charge >= 0.3 is 0 Å². The van der Waals surface area contributed by atoms with Crippen LogP contribution < -0.4 is 15.0 Å². The molecular formula is C22H19N3O4. The topological polar surface area (TPSA) is 73.7 Å². The molecule has 7 heteroatoms. The SMILES string of the molecule is Cc1ccn(-c2ccc3c(c2)OCO3)c(=O)c1C(=O)N1CC(c2ccccn2)C1. The second-order valence-electron chi connectivity index (χ2n) is 7.25. The maximum absolute atomic E-state index is 13.2. The van der Waals surface area contributed by atoms with Gasteiger partial charge < -0.3 is 14.4 Å². The number of rotatable bonds is 3. The summed E-state index contributed by atoms with van der Waals surface area (Å²) in [7, 11) is 0. The fraction of sp³-hybridized carbons (Fsp3) is 0.227. The van der Waals surface area contributed by atoms with Crippen molar-refractivity contribution < 1.29 is 14.3 Å². The first-order valence-electron chi connectivity index (χ1n) is 9.44. The van der Waals surface area contributed by atoms with Crippen molar-refractivity contribution in [2.24, 2.45) is 0 Å². The average molecular weight is 389 g/mol. The minimum Gasteiger partial charge on any atom is -0.454 e. The van der Waals surface area contributed by atoms with Crippen LogP contribution in [0.1, 0.15) is 27.5 Å². The van der Waals surface area contributed by atoms with E-state index in [0.717, 1.165) is 5.69 Å². The van der Waals surface area contributed by atoms with Crippen LogP contribution in [0.4, 0.5) is 0 Å². The Balaban J connectivity index is 1.43. The number of amides is 1. The molecule has 3 aromatic rings. The Hall–Kier alpha value is -3.61. The lowest BCUT2D eigenvalue weighted by atomic mass is 9.94. The highest BCUT2D eigenvalue weighted by atomic mass is 16.7. The number of ether oxygens (including phenoxy) is 2. The third-order valence-electron chi connectivity index (χ3n) is 5.42. The van der Waals surface area contributed by atoms with E-state index in [0.29, 0.717) is 35.8 Å². The maximum atomic E-state index is 13.2. The first-order valence-corrected chi connectivity index (χ1v) is 9.44. The molecule has 0 radical (unpaired) electrons. The molecule has 2 aliphatic rings. The van der Waals surface area contributed by atoms with Gasteiger partial charge in [0.25, 0.3) is 11.5 Å². The third kappa shape index (κ3) is 2.95. The first kappa shape index (κ1) is 17.5. The Morgan fingerprint density at radius 2 is 1.93 bits per heavy atom. The second kappa shape index (κ2) is 6.77. The van der Waals surface area contributed by atoms with Crippen LogP contribution >= 0.6 is 0 Å². The van der Waals surface area contributed by atoms with E-state index in [4.69, 9.17) is 9.47 Å². The number of hydrogen-bond acceptors (Lipinski definition) is 5. The van der Waals surface area contributed by atoms with Crippen molar-refractivity contribution in [3.8, 4) is 17.2 Å². The predicted octanol–water partition coefficient (Wildman–Crippen LogP) is 2.51. The minimum absolute atomic E-state index is 0.164. The van der Waals surface area contributed by atoms with Crippen LogP contribution in [-0.4, -0.2) is 40.2 Å². The molecule has 0 atom stereocenters. The van der Waals surface area contributed by atoms with Crippen molar-refractivity contribution >= 4 is 5.91 Å². The number of fused-ring (bicyclic) bond motifs is 1. The Bertz CT molecular complexity index is 1150. The predicted molar refractivity (Wildman–Crippen MR) is 106 cm³/mol. The van der Waals surface area contributed by atoms with Gasteiger partial charge in [-0.25, -0.2) is 0 Å². The van der Waals surface area contributed by atoms with Gasteiger partial charge in [-0.3, -0.25) is 19.1 Å². The Morgan fingerprint density at radius 3 is 2.72 bits per heavy atom. The average Bonchev–Trinajstić information content (AvgIpc) is 3.15. The number of pyridine rings is 2. The monoisotopic (exact) mass is 389 g/mol. The number of carbonyl (C=O) groups excluding carboxylic acids is 1. The van der Waals surface area contributed by atoms with E-state index in [1.807, 2.05) is 18.2 Å². The van der Waals surface area contributed by atoms with Crippen LogP contribution in [0, 0.1) is 6.92 Å². The highest BCUT2D eigenvalue weighted by Gasteiger charge is 2.34. The highest BCUT2D eigenvalue weighted by molar-refractivity contribution is 5.96. The van der Waals surface area contributed by atoms with E-state index in [9.17, 15) is 9.59 Å². The summed E-state index contributed by atoms with van der Waals surface area (Å²) in [5.74, 6) is 1.20. The molecule has 0 spiro atoms. The molecule has 1 amide bonds. The number of hydrogen-bond donors (Lipinski definition) is 0. The zero-order chi connectivity index (χ0) is 20.0. The number of aryl methyl sites for hydroxylation is 1. The van der Waals surface area contributed by atoms with Crippen LogP contribution in [0.3, 0.4) is 0 Å². The molecule has 0 aliphatic carbocycles. The molecule has 1 aromatic carbocycles. The molecule has 146 valence electrons. The van der Waals surface area contributed by atoms with Gasteiger partial charge in [0.15, 0.2) is 11.5 Å². The zero-order valence-electron chi connectivity index (χ0n) is 15.9. The van der Waals surface area contributed by atoms with Crippen LogP contribution in [0.2, 0.25) is 0 Å². The van der Waals surface area contributed by atoms with Gasteiger partial charge in [-0.2, -0.15) is 0 Å². The first-order chi connectivity index (χ1) is 14.1. The summed E-state index contributed by atoms with van der Waals surface area (Å²) in [6.07, 6.45) is 3.43. The molecule has 4 heterocycles. The summed E-state index contributed by atoms with van der Waals surface area (Å²) in [5, 5.41) is 0. The number of benzene rings is 1. The standard InChI is InChI=1S/C22H19N3O4/c1-14-7-9-25(16-5-6-18-19(10-16)29-13-28-18)22(27)20(14)21(26)24-11-15(12-24)17-4-2-3-8-23-17/h2-10,15H,11-13H2,1H3. The van der Waals surface area contributed by atoms with Gasteiger partial charge in [0.1, 0.15) is 5.56 Å². The molecule has 0 saturated carbocycles. The van der Waals surface area contributed by atoms with E-state index in [2.05, 4.69) is 4.98 Å². The fourth-order valence-electron chi connectivity index (χ4n) is 3.73. The van der Waals surface area contributed by atoms with Crippen molar-refractivity contribution in [2.75, 3.05) is 19.9 Å². The van der Waals surface area contributed by atoms with Crippen molar-refractivity contribution in [3.05, 3.63) is 82.0 Å². The van der Waals surface area contributed by atoms with Crippen molar-refractivity contribution in [2.45, 2.75) is 12.8 Å². The van der Waals surface area contributed by atoms with E-state index >= 15 is 0 Å². The minimum atomic E-state index is -0.338. The number of aromatic nitrogens is 2. The second-order valence-corrected chi connectivity index (χ2v) is 7.25. The molecule has 1 fully saturated rings. The summed E-state index contributed by atoms with van der Waals surface area (Å²) < 4.78 is 12.2. The Kier molecular flexibility index (Phi) is 4.08. The maximum Gasteiger partial charge on any atom is 0.268 e. The lowest BCUT2D eigenvalue weighted by Gasteiger charge is -2.39. The lowest BCUT2D eigenvalue weighted by Crippen LogP contribution is -2.50. The quantitative estimate of drug-likeness (QED) is 0.688. The molecule has 29 heavy (non-hydrogen) atoms. The normalized spacial score (nSPS) is 15.3. The Labute approximate surface area is 167 Å². The van der Waals surface area contributed by atoms with Crippen molar-refractivity contribution in [1.29, 1.82) is 0 Å². The lowest BCUT2D eigenvalue weighted by molar-refractivity contribution is 0.0595. The van der Waals surface area contributed by atoms with Gasteiger partial charge in [0.2, 0.25) is 6.79 Å². The molecule has 0 bridgehead atoms. The number of likely N-dealkylation sites (tertiary alicyclic amines) is 1. The fourth-order valence-corrected chi connectivity index (χ4v) is 3.73. The van der Waals surface area contributed by atoms with Crippen molar-refractivity contribution in [3.63, 3.8) is 0 Å². The number of nitrogens with zero attached hydrogens (tertiary/aromatic N) is 3. The Morgan fingerprint density at radius 1 is 1.10 bits per heavy atom. The molecular weight excluding hydrogens is 370 g/mol. The highest BCUT2D eigenvalue weighted by Crippen LogP contribution is 2.33. The van der Waals surface area contributed by atoms with Crippen LogP contribution in [-0.2, 0) is 0 Å². The van der Waals surface area contributed by atoms with Gasteiger partial charge in [0, 0.05) is 43.2 Å². The van der Waals surface area contributed by atoms with Crippen molar-refractivity contribution in [1.82, 2.24) is 14.5 Å².